The minimum absolute atomic E-state index is 0.857. The van der Waals surface area contributed by atoms with Crippen LogP contribution in [0.4, 0.5) is 0 Å². The molecule has 9 rings (SSSR count). The largest absolute Gasteiger partial charge is 0.455 e. The molecule has 6 aromatic carbocycles. The third-order valence-electron chi connectivity index (χ3n) is 8.67. The van der Waals surface area contributed by atoms with Crippen LogP contribution < -0.4 is 0 Å². The first-order chi connectivity index (χ1) is 20.8. The van der Waals surface area contributed by atoms with Gasteiger partial charge in [0.1, 0.15) is 22.3 Å². The van der Waals surface area contributed by atoms with E-state index in [0.29, 0.717) is 0 Å². The third-order valence-corrected chi connectivity index (χ3v) is 8.67. The van der Waals surface area contributed by atoms with Crippen LogP contribution in [0.15, 0.2) is 142 Å². The number of hydrogen-bond donors (Lipinski definition) is 0. The van der Waals surface area contributed by atoms with Gasteiger partial charge >= 0.3 is 0 Å². The van der Waals surface area contributed by atoms with E-state index in [-0.39, 0.29) is 0 Å². The molecule has 0 atom stereocenters. The van der Waals surface area contributed by atoms with Crippen LogP contribution in [0, 0.1) is 0 Å². The Morgan fingerprint density at radius 1 is 0.452 bits per heavy atom. The normalized spacial score (nSPS) is 13.6. The standard InChI is InChI=1S/C40H26O2/c1-3-9-25(10-4-1)29-17-19-36-32(22-29)34-24-35-33-23-30(26-11-5-2-6-12-26)18-20-37(33)42-40(35)38(39(34)41-36)31-16-15-27-13-7-8-14-28(27)21-31/h1,3-5,7-24H,2,6H2. The fourth-order valence-corrected chi connectivity index (χ4v) is 6.56. The number of fused-ring (bicyclic) bond motifs is 7. The molecule has 42 heavy (non-hydrogen) atoms. The molecule has 0 spiro atoms. The predicted octanol–water partition coefficient (Wildman–Crippen LogP) is 11.7. The summed E-state index contributed by atoms with van der Waals surface area (Å²) in [6.07, 6.45) is 9.01. The van der Waals surface area contributed by atoms with Gasteiger partial charge in [0, 0.05) is 21.5 Å². The second kappa shape index (κ2) is 9.09. The van der Waals surface area contributed by atoms with Crippen molar-refractivity contribution >= 4 is 60.2 Å². The monoisotopic (exact) mass is 538 g/mol. The van der Waals surface area contributed by atoms with Crippen LogP contribution in [-0.4, -0.2) is 0 Å². The Morgan fingerprint density at radius 2 is 1.12 bits per heavy atom. The lowest BCUT2D eigenvalue weighted by molar-refractivity contribution is 0.658. The summed E-state index contributed by atoms with van der Waals surface area (Å²) >= 11 is 0. The van der Waals surface area contributed by atoms with Crippen molar-refractivity contribution < 1.29 is 8.83 Å². The zero-order valence-electron chi connectivity index (χ0n) is 22.9. The Morgan fingerprint density at radius 3 is 1.86 bits per heavy atom. The van der Waals surface area contributed by atoms with E-state index >= 15 is 0 Å². The lowest BCUT2D eigenvalue weighted by atomic mass is 9.95. The van der Waals surface area contributed by atoms with Crippen molar-refractivity contribution in [1.82, 2.24) is 0 Å². The van der Waals surface area contributed by atoms with E-state index in [9.17, 15) is 0 Å². The first-order valence-electron chi connectivity index (χ1n) is 14.6. The van der Waals surface area contributed by atoms with Crippen molar-refractivity contribution in [2.45, 2.75) is 12.8 Å². The molecular formula is C40H26O2. The first-order valence-corrected chi connectivity index (χ1v) is 14.6. The molecule has 0 radical (unpaired) electrons. The Labute approximate surface area is 242 Å². The van der Waals surface area contributed by atoms with Crippen molar-refractivity contribution in [2.24, 2.45) is 0 Å². The second-order valence-corrected chi connectivity index (χ2v) is 11.2. The number of benzene rings is 6. The molecule has 0 N–H and O–H groups in total. The molecule has 2 aromatic heterocycles. The van der Waals surface area contributed by atoms with E-state index in [2.05, 4.69) is 133 Å². The van der Waals surface area contributed by atoms with Gasteiger partial charge in [0.2, 0.25) is 0 Å². The smallest absolute Gasteiger partial charge is 0.147 e. The average molecular weight is 539 g/mol. The van der Waals surface area contributed by atoms with E-state index in [1.807, 2.05) is 0 Å². The lowest BCUT2D eigenvalue weighted by Crippen LogP contribution is -1.85. The van der Waals surface area contributed by atoms with Crippen LogP contribution in [-0.2, 0) is 0 Å². The van der Waals surface area contributed by atoms with E-state index in [4.69, 9.17) is 8.83 Å². The maximum atomic E-state index is 6.69. The Kier molecular flexibility index (Phi) is 5.06. The molecule has 2 heteroatoms. The summed E-state index contributed by atoms with van der Waals surface area (Å²) in [5.74, 6) is 0. The minimum Gasteiger partial charge on any atom is -0.455 e. The van der Waals surface area contributed by atoms with E-state index < -0.39 is 0 Å². The fourth-order valence-electron chi connectivity index (χ4n) is 6.56. The second-order valence-electron chi connectivity index (χ2n) is 11.2. The van der Waals surface area contributed by atoms with Crippen molar-refractivity contribution in [1.29, 1.82) is 0 Å². The number of furan rings is 2. The van der Waals surface area contributed by atoms with Crippen LogP contribution in [0.25, 0.3) is 82.5 Å². The summed E-state index contributed by atoms with van der Waals surface area (Å²) in [6.45, 7) is 0. The SMILES string of the molecule is C1=CC(c2ccc3oc4c(-c5ccc6ccccc6c5)c5oc6ccc(-c7ccccc7)cc6c5cc4c3c2)=CCC1. The van der Waals surface area contributed by atoms with E-state index in [1.165, 1.54) is 33.0 Å². The molecule has 0 amide bonds. The van der Waals surface area contributed by atoms with Gasteiger partial charge < -0.3 is 8.83 Å². The molecule has 8 aromatic rings. The summed E-state index contributed by atoms with van der Waals surface area (Å²) < 4.78 is 13.4. The van der Waals surface area contributed by atoms with Crippen LogP contribution in [0.2, 0.25) is 0 Å². The maximum absolute atomic E-state index is 6.69. The zero-order chi connectivity index (χ0) is 27.6. The van der Waals surface area contributed by atoms with E-state index in [1.54, 1.807) is 0 Å². The fraction of sp³-hybridized carbons (Fsp3) is 0.0500. The van der Waals surface area contributed by atoms with Crippen molar-refractivity contribution in [2.75, 3.05) is 0 Å². The maximum Gasteiger partial charge on any atom is 0.147 e. The summed E-state index contributed by atoms with van der Waals surface area (Å²) in [7, 11) is 0. The number of rotatable bonds is 3. The molecule has 2 heterocycles. The Bertz CT molecular complexity index is 2400. The van der Waals surface area contributed by atoms with Gasteiger partial charge in [-0.05, 0) is 87.8 Å². The van der Waals surface area contributed by atoms with Gasteiger partial charge in [-0.25, -0.2) is 0 Å². The highest BCUT2D eigenvalue weighted by Crippen LogP contribution is 2.46. The summed E-state index contributed by atoms with van der Waals surface area (Å²) in [5.41, 5.74) is 10.4. The summed E-state index contributed by atoms with van der Waals surface area (Å²) in [6, 6.07) is 41.0. The van der Waals surface area contributed by atoms with Gasteiger partial charge in [-0.1, -0.05) is 97.1 Å². The van der Waals surface area contributed by atoms with Gasteiger partial charge in [-0.3, -0.25) is 0 Å². The van der Waals surface area contributed by atoms with Gasteiger partial charge in [-0.2, -0.15) is 0 Å². The molecule has 0 saturated heterocycles. The molecular weight excluding hydrogens is 512 g/mol. The highest BCUT2D eigenvalue weighted by atomic mass is 16.3. The molecule has 0 fully saturated rings. The van der Waals surface area contributed by atoms with Gasteiger partial charge in [0.25, 0.3) is 0 Å². The van der Waals surface area contributed by atoms with Gasteiger partial charge in [0.15, 0.2) is 0 Å². The average Bonchev–Trinajstić information content (AvgIpc) is 3.61. The molecule has 0 aliphatic heterocycles. The predicted molar refractivity (Wildman–Crippen MR) is 176 cm³/mol. The number of hydrogen-bond acceptors (Lipinski definition) is 2. The molecule has 1 aliphatic rings. The topological polar surface area (TPSA) is 26.3 Å². The zero-order valence-corrected chi connectivity index (χ0v) is 22.9. The Balaban J connectivity index is 1.38. The van der Waals surface area contributed by atoms with E-state index in [0.717, 1.165) is 67.8 Å². The van der Waals surface area contributed by atoms with Gasteiger partial charge in [-0.15, -0.1) is 0 Å². The molecule has 198 valence electrons. The van der Waals surface area contributed by atoms with Crippen LogP contribution in [0.3, 0.4) is 0 Å². The van der Waals surface area contributed by atoms with Crippen LogP contribution >= 0.6 is 0 Å². The molecule has 0 unspecified atom stereocenters. The first kappa shape index (κ1) is 23.4. The highest BCUT2D eigenvalue weighted by Gasteiger charge is 2.22. The van der Waals surface area contributed by atoms with Crippen molar-refractivity contribution in [3.63, 3.8) is 0 Å². The highest BCUT2D eigenvalue weighted by molar-refractivity contribution is 6.22. The number of allylic oxidation sites excluding steroid dienone is 4. The van der Waals surface area contributed by atoms with Crippen molar-refractivity contribution in [3.05, 3.63) is 139 Å². The lowest BCUT2D eigenvalue weighted by Gasteiger charge is -2.07. The molecule has 0 bridgehead atoms. The quantitative estimate of drug-likeness (QED) is 0.224. The summed E-state index contributed by atoms with van der Waals surface area (Å²) in [4.78, 5) is 0. The molecule has 2 nitrogen and oxygen atoms in total. The third kappa shape index (κ3) is 3.59. The van der Waals surface area contributed by atoms with Crippen LogP contribution in [0.5, 0.6) is 0 Å². The van der Waals surface area contributed by atoms with Crippen molar-refractivity contribution in [3.8, 4) is 22.3 Å². The summed E-state index contributed by atoms with van der Waals surface area (Å²) in [5, 5.41) is 6.85. The minimum atomic E-state index is 0.857. The molecule has 1 aliphatic carbocycles. The van der Waals surface area contributed by atoms with Gasteiger partial charge in [0.05, 0.1) is 5.56 Å². The van der Waals surface area contributed by atoms with Crippen LogP contribution in [0.1, 0.15) is 18.4 Å². The Hall–Kier alpha value is -5.34. The molecule has 0 saturated carbocycles.